The van der Waals surface area contributed by atoms with Gasteiger partial charge in [0, 0.05) is 17.5 Å². The fraction of sp³-hybridized carbons (Fsp3) is 0.222. The molecule has 1 aliphatic heterocycles. The summed E-state index contributed by atoms with van der Waals surface area (Å²) in [6.45, 7) is 3.91. The third-order valence-corrected chi connectivity index (χ3v) is 3.73. The lowest BCUT2D eigenvalue weighted by atomic mass is 9.82. The van der Waals surface area contributed by atoms with Gasteiger partial charge >= 0.3 is 0 Å². The van der Waals surface area contributed by atoms with E-state index in [0.717, 1.165) is 36.1 Å². The van der Waals surface area contributed by atoms with Crippen LogP contribution >= 0.6 is 0 Å². The number of rotatable bonds is 4. The molecule has 1 aliphatic rings. The Morgan fingerprint density at radius 3 is 2.00 bits per heavy atom. The Kier molecular flexibility index (Phi) is 3.55. The lowest BCUT2D eigenvalue weighted by molar-refractivity contribution is 0.0112. The molecule has 0 fully saturated rings. The van der Waals surface area contributed by atoms with E-state index < -0.39 is 5.60 Å². The quantitative estimate of drug-likeness (QED) is 0.805. The van der Waals surface area contributed by atoms with E-state index in [2.05, 4.69) is 36.3 Å². The van der Waals surface area contributed by atoms with Crippen molar-refractivity contribution in [3.63, 3.8) is 0 Å². The minimum Gasteiger partial charge on any atom is -0.379 e. The van der Waals surface area contributed by atoms with Crippen LogP contribution in [0.25, 0.3) is 0 Å². The standard InChI is InChI=1S/C18H18NO/c1-2-9-17-14-18(20-19-17,15-10-5-3-6-11-15)16-12-7-4-8-13-16/h3-8,10-13H,1-2,9,14H2. The maximum Gasteiger partial charge on any atom is 0.193 e. The molecule has 0 saturated carbocycles. The Balaban J connectivity index is 2.03. The van der Waals surface area contributed by atoms with Crippen molar-refractivity contribution in [1.82, 2.24) is 0 Å². The number of oxime groups is 1. The summed E-state index contributed by atoms with van der Waals surface area (Å²) in [7, 11) is 0. The van der Waals surface area contributed by atoms with Gasteiger partial charge in [0.15, 0.2) is 5.60 Å². The van der Waals surface area contributed by atoms with E-state index in [0.29, 0.717) is 0 Å². The van der Waals surface area contributed by atoms with Crippen LogP contribution in [-0.4, -0.2) is 5.71 Å². The summed E-state index contributed by atoms with van der Waals surface area (Å²) in [6, 6.07) is 20.7. The molecule has 101 valence electrons. The summed E-state index contributed by atoms with van der Waals surface area (Å²) in [6.07, 6.45) is 2.54. The first-order valence-electron chi connectivity index (χ1n) is 6.99. The molecule has 3 rings (SSSR count). The molecule has 1 heterocycles. The van der Waals surface area contributed by atoms with Crippen molar-refractivity contribution in [2.24, 2.45) is 5.16 Å². The Morgan fingerprint density at radius 2 is 1.50 bits per heavy atom. The van der Waals surface area contributed by atoms with E-state index >= 15 is 0 Å². The van der Waals surface area contributed by atoms with Gasteiger partial charge in [0.1, 0.15) is 0 Å². The summed E-state index contributed by atoms with van der Waals surface area (Å²) in [5.41, 5.74) is 2.91. The monoisotopic (exact) mass is 264 g/mol. The molecule has 0 aliphatic carbocycles. The molecule has 2 aromatic carbocycles. The lowest BCUT2D eigenvalue weighted by Crippen LogP contribution is -2.27. The van der Waals surface area contributed by atoms with Gasteiger partial charge in [-0.3, -0.25) is 0 Å². The van der Waals surface area contributed by atoms with Crippen LogP contribution in [0.1, 0.15) is 30.4 Å². The highest BCUT2D eigenvalue weighted by molar-refractivity contribution is 5.87. The third kappa shape index (κ3) is 2.22. The molecular weight excluding hydrogens is 246 g/mol. The molecule has 2 aromatic rings. The maximum absolute atomic E-state index is 5.94. The molecule has 0 atom stereocenters. The first kappa shape index (κ1) is 12.9. The van der Waals surface area contributed by atoms with Crippen molar-refractivity contribution < 1.29 is 4.84 Å². The van der Waals surface area contributed by atoms with Crippen LogP contribution in [0.3, 0.4) is 0 Å². The van der Waals surface area contributed by atoms with Crippen LogP contribution in [-0.2, 0) is 10.4 Å². The Morgan fingerprint density at radius 1 is 0.950 bits per heavy atom. The van der Waals surface area contributed by atoms with Crippen molar-refractivity contribution >= 4 is 5.71 Å². The summed E-state index contributed by atoms with van der Waals surface area (Å²) in [4.78, 5) is 5.94. The van der Waals surface area contributed by atoms with Gasteiger partial charge in [-0.25, -0.2) is 0 Å². The minimum absolute atomic E-state index is 0.479. The molecule has 0 unspecified atom stereocenters. The van der Waals surface area contributed by atoms with E-state index in [4.69, 9.17) is 4.84 Å². The van der Waals surface area contributed by atoms with Gasteiger partial charge in [-0.05, 0) is 12.8 Å². The average Bonchev–Trinajstić information content (AvgIpc) is 2.95. The number of hydrogen-bond acceptors (Lipinski definition) is 2. The van der Waals surface area contributed by atoms with Crippen LogP contribution in [0, 0.1) is 6.92 Å². The summed E-state index contributed by atoms with van der Waals surface area (Å²) < 4.78 is 0. The molecule has 2 heteroatoms. The number of nitrogens with zero attached hydrogens (tertiary/aromatic N) is 1. The molecule has 0 bridgehead atoms. The fourth-order valence-corrected chi connectivity index (χ4v) is 2.72. The molecule has 20 heavy (non-hydrogen) atoms. The van der Waals surface area contributed by atoms with Crippen molar-refractivity contribution in [3.05, 3.63) is 78.7 Å². The Hall–Kier alpha value is -2.09. The summed E-state index contributed by atoms with van der Waals surface area (Å²) in [5, 5.41) is 4.31. The molecule has 2 nitrogen and oxygen atoms in total. The van der Waals surface area contributed by atoms with Gasteiger partial charge in [-0.2, -0.15) is 0 Å². The zero-order valence-electron chi connectivity index (χ0n) is 11.5. The predicted molar refractivity (Wildman–Crippen MR) is 81.4 cm³/mol. The highest BCUT2D eigenvalue weighted by Gasteiger charge is 2.42. The molecule has 1 radical (unpaired) electrons. The Labute approximate surface area is 120 Å². The lowest BCUT2D eigenvalue weighted by Gasteiger charge is -2.27. The van der Waals surface area contributed by atoms with E-state index in [1.165, 1.54) is 0 Å². The van der Waals surface area contributed by atoms with Crippen molar-refractivity contribution in [1.29, 1.82) is 0 Å². The van der Waals surface area contributed by atoms with Crippen LogP contribution in [0.5, 0.6) is 0 Å². The van der Waals surface area contributed by atoms with E-state index in [-0.39, 0.29) is 0 Å². The van der Waals surface area contributed by atoms with Crippen LogP contribution in [0.4, 0.5) is 0 Å². The van der Waals surface area contributed by atoms with E-state index in [9.17, 15) is 0 Å². The second-order valence-electron chi connectivity index (χ2n) is 5.09. The van der Waals surface area contributed by atoms with E-state index in [1.807, 2.05) is 36.4 Å². The number of hydrogen-bond donors (Lipinski definition) is 0. The average molecular weight is 264 g/mol. The van der Waals surface area contributed by atoms with Crippen molar-refractivity contribution in [2.45, 2.75) is 24.9 Å². The van der Waals surface area contributed by atoms with Crippen molar-refractivity contribution in [2.75, 3.05) is 0 Å². The molecule has 0 spiro atoms. The third-order valence-electron chi connectivity index (χ3n) is 3.73. The van der Waals surface area contributed by atoms with Gasteiger partial charge in [0.05, 0.1) is 5.71 Å². The van der Waals surface area contributed by atoms with Crippen LogP contribution in [0.15, 0.2) is 65.8 Å². The maximum atomic E-state index is 5.94. The second kappa shape index (κ2) is 5.49. The molecular formula is C18H18NO. The minimum atomic E-state index is -0.479. The zero-order chi connectivity index (χ0) is 13.8. The molecule has 0 saturated heterocycles. The summed E-state index contributed by atoms with van der Waals surface area (Å²) >= 11 is 0. The topological polar surface area (TPSA) is 21.6 Å². The van der Waals surface area contributed by atoms with Crippen molar-refractivity contribution in [3.8, 4) is 0 Å². The highest BCUT2D eigenvalue weighted by Crippen LogP contribution is 2.41. The van der Waals surface area contributed by atoms with Gasteiger partial charge in [-0.15, -0.1) is 0 Å². The zero-order valence-corrected chi connectivity index (χ0v) is 11.5. The van der Waals surface area contributed by atoms with Gasteiger partial charge in [0.25, 0.3) is 0 Å². The van der Waals surface area contributed by atoms with Gasteiger partial charge in [0.2, 0.25) is 0 Å². The van der Waals surface area contributed by atoms with Gasteiger partial charge in [-0.1, -0.05) is 72.7 Å². The molecule has 0 aromatic heterocycles. The second-order valence-corrected chi connectivity index (χ2v) is 5.09. The smallest absolute Gasteiger partial charge is 0.193 e. The predicted octanol–water partition coefficient (Wildman–Crippen LogP) is 4.32. The molecule has 0 amide bonds. The molecule has 0 N–H and O–H groups in total. The van der Waals surface area contributed by atoms with Crippen LogP contribution < -0.4 is 0 Å². The van der Waals surface area contributed by atoms with Gasteiger partial charge < -0.3 is 4.84 Å². The number of benzene rings is 2. The fourth-order valence-electron chi connectivity index (χ4n) is 2.72. The largest absolute Gasteiger partial charge is 0.379 e. The highest BCUT2D eigenvalue weighted by atomic mass is 16.7. The summed E-state index contributed by atoms with van der Waals surface area (Å²) in [5.74, 6) is 0. The van der Waals surface area contributed by atoms with Crippen LogP contribution in [0.2, 0.25) is 0 Å². The SMILES string of the molecule is [CH2]CCC1=NOC(c2ccccc2)(c2ccccc2)C1. The normalized spacial score (nSPS) is 16.6. The van der Waals surface area contributed by atoms with E-state index in [1.54, 1.807) is 0 Å². The first-order valence-corrected chi connectivity index (χ1v) is 6.99. The Bertz CT molecular complexity index is 550. The first-order chi connectivity index (χ1) is 9.85.